The molecule has 5 heteroatoms. The number of aromatic nitrogens is 2. The van der Waals surface area contributed by atoms with Crippen molar-refractivity contribution in [3.8, 4) is 0 Å². The first kappa shape index (κ1) is 14.9. The molecular weight excluding hydrogens is 352 g/mol. The minimum atomic E-state index is 0.581. The first-order valence-electron chi connectivity index (χ1n) is 8.39. The summed E-state index contributed by atoms with van der Waals surface area (Å²) in [5.41, 5.74) is 2.83. The van der Waals surface area contributed by atoms with E-state index in [0.717, 1.165) is 35.6 Å². The molecule has 1 N–H and O–H groups in total. The van der Waals surface area contributed by atoms with E-state index in [9.17, 15) is 0 Å². The van der Waals surface area contributed by atoms with Crippen LogP contribution in [0.15, 0.2) is 35.1 Å². The van der Waals surface area contributed by atoms with Crippen molar-refractivity contribution >= 4 is 27.6 Å². The standard InChI is InChI=1S/C18H21BrN4/c19-15-6-5-14-11-23(8-7-13(14)9-15)18-10-17(20-12-21-18)22-16-3-1-2-4-16/h5-6,9-10,12,16H,1-4,7-8,11H2,(H,20,21,22). The summed E-state index contributed by atoms with van der Waals surface area (Å²) in [6.45, 7) is 1.92. The summed E-state index contributed by atoms with van der Waals surface area (Å²) in [5.74, 6) is 1.98. The predicted molar refractivity (Wildman–Crippen MR) is 96.8 cm³/mol. The Bertz CT molecular complexity index is 697. The lowest BCUT2D eigenvalue weighted by molar-refractivity contribution is 0.716. The third kappa shape index (κ3) is 3.34. The van der Waals surface area contributed by atoms with Crippen LogP contribution in [0.25, 0.3) is 0 Å². The van der Waals surface area contributed by atoms with Crippen molar-refractivity contribution in [3.63, 3.8) is 0 Å². The second-order valence-corrected chi connectivity index (χ2v) is 7.39. The molecule has 0 saturated heterocycles. The van der Waals surface area contributed by atoms with E-state index in [4.69, 9.17) is 0 Å². The highest BCUT2D eigenvalue weighted by Gasteiger charge is 2.19. The van der Waals surface area contributed by atoms with E-state index in [1.165, 1.54) is 36.8 Å². The van der Waals surface area contributed by atoms with Crippen molar-refractivity contribution in [3.05, 3.63) is 46.2 Å². The van der Waals surface area contributed by atoms with Gasteiger partial charge in [-0.3, -0.25) is 0 Å². The highest BCUT2D eigenvalue weighted by atomic mass is 79.9. The molecule has 1 aromatic carbocycles. The van der Waals surface area contributed by atoms with Crippen molar-refractivity contribution in [1.82, 2.24) is 9.97 Å². The van der Waals surface area contributed by atoms with Gasteiger partial charge in [0.25, 0.3) is 0 Å². The molecule has 0 spiro atoms. The van der Waals surface area contributed by atoms with Gasteiger partial charge in [0.1, 0.15) is 18.0 Å². The number of anilines is 2. The van der Waals surface area contributed by atoms with Crippen LogP contribution in [0.1, 0.15) is 36.8 Å². The number of halogens is 1. The smallest absolute Gasteiger partial charge is 0.134 e. The number of rotatable bonds is 3. The fourth-order valence-electron chi connectivity index (χ4n) is 3.60. The Morgan fingerprint density at radius 3 is 2.83 bits per heavy atom. The van der Waals surface area contributed by atoms with Crippen LogP contribution >= 0.6 is 15.9 Å². The van der Waals surface area contributed by atoms with Gasteiger partial charge in [-0.15, -0.1) is 0 Å². The van der Waals surface area contributed by atoms with Crippen LogP contribution in [0.2, 0.25) is 0 Å². The van der Waals surface area contributed by atoms with Gasteiger partial charge in [-0.2, -0.15) is 0 Å². The molecule has 1 aliphatic carbocycles. The highest BCUT2D eigenvalue weighted by Crippen LogP contribution is 2.27. The molecule has 4 rings (SSSR count). The summed E-state index contributed by atoms with van der Waals surface area (Å²) in [7, 11) is 0. The van der Waals surface area contributed by atoms with Crippen LogP contribution in [0, 0.1) is 0 Å². The van der Waals surface area contributed by atoms with Gasteiger partial charge < -0.3 is 10.2 Å². The minimum absolute atomic E-state index is 0.581. The molecule has 1 aromatic heterocycles. The zero-order chi connectivity index (χ0) is 15.6. The lowest BCUT2D eigenvalue weighted by Crippen LogP contribution is -2.31. The molecule has 0 radical (unpaired) electrons. The number of benzene rings is 1. The van der Waals surface area contributed by atoms with E-state index in [2.05, 4.69) is 60.4 Å². The fourth-order valence-corrected chi connectivity index (χ4v) is 4.00. The average Bonchev–Trinajstić information content (AvgIpc) is 3.07. The monoisotopic (exact) mass is 372 g/mol. The molecule has 1 saturated carbocycles. The number of hydrogen-bond donors (Lipinski definition) is 1. The van der Waals surface area contributed by atoms with Crippen molar-refractivity contribution in [2.45, 2.75) is 44.7 Å². The van der Waals surface area contributed by atoms with Gasteiger partial charge in [-0.25, -0.2) is 9.97 Å². The summed E-state index contributed by atoms with van der Waals surface area (Å²) in [5, 5.41) is 3.56. The van der Waals surface area contributed by atoms with Gasteiger partial charge in [0.2, 0.25) is 0 Å². The Balaban J connectivity index is 1.51. The van der Waals surface area contributed by atoms with Crippen molar-refractivity contribution in [1.29, 1.82) is 0 Å². The maximum atomic E-state index is 4.49. The molecule has 1 fully saturated rings. The Morgan fingerprint density at radius 2 is 1.96 bits per heavy atom. The van der Waals surface area contributed by atoms with Crippen molar-refractivity contribution in [2.24, 2.45) is 0 Å². The zero-order valence-corrected chi connectivity index (χ0v) is 14.7. The lowest BCUT2D eigenvalue weighted by Gasteiger charge is -2.30. The van der Waals surface area contributed by atoms with Crippen LogP contribution in [0.3, 0.4) is 0 Å². The number of nitrogens with one attached hydrogen (secondary N) is 1. The molecule has 2 aliphatic rings. The van der Waals surface area contributed by atoms with E-state index in [1.54, 1.807) is 6.33 Å². The SMILES string of the molecule is Brc1ccc2c(c1)CCN(c1cc(NC3CCCC3)ncn1)C2. The maximum absolute atomic E-state index is 4.49. The minimum Gasteiger partial charge on any atom is -0.367 e. The number of fused-ring (bicyclic) bond motifs is 1. The normalized spacial score (nSPS) is 18.0. The molecule has 0 unspecified atom stereocenters. The summed E-state index contributed by atoms with van der Waals surface area (Å²) >= 11 is 3.56. The van der Waals surface area contributed by atoms with E-state index in [-0.39, 0.29) is 0 Å². The van der Waals surface area contributed by atoms with Crippen LogP contribution in [-0.4, -0.2) is 22.6 Å². The molecule has 4 nitrogen and oxygen atoms in total. The van der Waals surface area contributed by atoms with Gasteiger partial charge in [-0.05, 0) is 42.5 Å². The van der Waals surface area contributed by atoms with Gasteiger partial charge in [0, 0.05) is 29.7 Å². The highest BCUT2D eigenvalue weighted by molar-refractivity contribution is 9.10. The largest absolute Gasteiger partial charge is 0.367 e. The first-order chi connectivity index (χ1) is 11.3. The number of hydrogen-bond acceptors (Lipinski definition) is 4. The van der Waals surface area contributed by atoms with E-state index in [1.807, 2.05) is 0 Å². The topological polar surface area (TPSA) is 41.0 Å². The quantitative estimate of drug-likeness (QED) is 0.878. The average molecular weight is 373 g/mol. The molecule has 0 atom stereocenters. The maximum Gasteiger partial charge on any atom is 0.134 e. The summed E-state index contributed by atoms with van der Waals surface area (Å²) in [4.78, 5) is 11.2. The van der Waals surface area contributed by atoms with Crippen molar-refractivity contribution < 1.29 is 0 Å². The Hall–Kier alpha value is -1.62. The fraction of sp³-hybridized carbons (Fsp3) is 0.444. The van der Waals surface area contributed by atoms with E-state index >= 15 is 0 Å². The molecule has 120 valence electrons. The van der Waals surface area contributed by atoms with Crippen LogP contribution < -0.4 is 10.2 Å². The second kappa shape index (κ2) is 6.48. The Labute approximate surface area is 145 Å². The Morgan fingerprint density at radius 1 is 1.09 bits per heavy atom. The van der Waals surface area contributed by atoms with Gasteiger partial charge >= 0.3 is 0 Å². The molecule has 1 aliphatic heterocycles. The van der Waals surface area contributed by atoms with Gasteiger partial charge in [0.05, 0.1) is 0 Å². The lowest BCUT2D eigenvalue weighted by atomic mass is 10.00. The Kier molecular flexibility index (Phi) is 4.21. The third-order valence-electron chi connectivity index (χ3n) is 4.86. The summed E-state index contributed by atoms with van der Waals surface area (Å²) in [6, 6.07) is 9.25. The zero-order valence-electron chi connectivity index (χ0n) is 13.1. The molecule has 2 heterocycles. The molecule has 2 aromatic rings. The molecular formula is C18H21BrN4. The number of nitrogens with zero attached hydrogens (tertiary/aromatic N) is 3. The van der Waals surface area contributed by atoms with E-state index in [0.29, 0.717) is 6.04 Å². The van der Waals surface area contributed by atoms with Crippen LogP contribution in [0.5, 0.6) is 0 Å². The first-order valence-corrected chi connectivity index (χ1v) is 9.18. The third-order valence-corrected chi connectivity index (χ3v) is 5.36. The second-order valence-electron chi connectivity index (χ2n) is 6.47. The van der Waals surface area contributed by atoms with Crippen LogP contribution in [-0.2, 0) is 13.0 Å². The van der Waals surface area contributed by atoms with E-state index < -0.39 is 0 Å². The molecule has 0 bridgehead atoms. The van der Waals surface area contributed by atoms with Gasteiger partial charge in [-0.1, -0.05) is 34.8 Å². The van der Waals surface area contributed by atoms with Gasteiger partial charge in [0.15, 0.2) is 0 Å². The predicted octanol–water partition coefficient (Wildman–Crippen LogP) is 4.16. The van der Waals surface area contributed by atoms with Crippen molar-refractivity contribution in [2.75, 3.05) is 16.8 Å². The van der Waals surface area contributed by atoms with Crippen LogP contribution in [0.4, 0.5) is 11.6 Å². The molecule has 0 amide bonds. The summed E-state index contributed by atoms with van der Waals surface area (Å²) in [6.07, 6.45) is 7.91. The summed E-state index contributed by atoms with van der Waals surface area (Å²) < 4.78 is 1.16. The molecule has 23 heavy (non-hydrogen) atoms.